The van der Waals surface area contributed by atoms with E-state index in [1.165, 1.54) is 0 Å². The van der Waals surface area contributed by atoms with E-state index in [2.05, 4.69) is 20.0 Å². The number of pyridine rings is 1. The molecule has 1 aliphatic rings. The summed E-state index contributed by atoms with van der Waals surface area (Å²) < 4.78 is 8.09. The van der Waals surface area contributed by atoms with Crippen LogP contribution in [0.15, 0.2) is 36.1 Å². The third-order valence-corrected chi connectivity index (χ3v) is 6.18. The van der Waals surface area contributed by atoms with Gasteiger partial charge in [-0.1, -0.05) is 0 Å². The first-order valence-corrected chi connectivity index (χ1v) is 11.2. The largest absolute Gasteiger partial charge is 0.370 e. The van der Waals surface area contributed by atoms with Crippen molar-refractivity contribution in [2.24, 2.45) is 7.05 Å². The highest BCUT2D eigenvalue weighted by Gasteiger charge is 2.29. The van der Waals surface area contributed by atoms with Crippen LogP contribution < -0.4 is 0 Å². The summed E-state index contributed by atoms with van der Waals surface area (Å²) in [5, 5.41) is 7.47. The van der Waals surface area contributed by atoms with Gasteiger partial charge in [0.05, 0.1) is 42.2 Å². The van der Waals surface area contributed by atoms with Gasteiger partial charge in [-0.25, -0.2) is 4.98 Å². The van der Waals surface area contributed by atoms with Gasteiger partial charge in [-0.15, -0.1) is 11.3 Å². The van der Waals surface area contributed by atoms with E-state index in [-0.39, 0.29) is 12.0 Å². The minimum Gasteiger partial charge on any atom is -0.370 e. The summed E-state index contributed by atoms with van der Waals surface area (Å²) in [5.74, 6) is 0.0993. The summed E-state index contributed by atoms with van der Waals surface area (Å²) in [7, 11) is 1.92. The molecule has 1 atom stereocenters. The van der Waals surface area contributed by atoms with Gasteiger partial charge in [0, 0.05) is 56.2 Å². The quantitative estimate of drug-likeness (QED) is 0.561. The van der Waals surface area contributed by atoms with Crippen LogP contribution in [0.4, 0.5) is 0 Å². The molecule has 9 heteroatoms. The van der Waals surface area contributed by atoms with Gasteiger partial charge in [-0.05, 0) is 31.5 Å². The van der Waals surface area contributed by atoms with Crippen LogP contribution in [0.2, 0.25) is 0 Å². The Labute approximate surface area is 186 Å². The van der Waals surface area contributed by atoms with Crippen molar-refractivity contribution in [1.29, 1.82) is 0 Å². The molecule has 8 nitrogen and oxygen atoms in total. The number of hydrogen-bond acceptors (Lipinski definition) is 7. The molecule has 0 radical (unpaired) electrons. The van der Waals surface area contributed by atoms with Gasteiger partial charge in [0.15, 0.2) is 0 Å². The monoisotopic (exact) mass is 440 g/mol. The van der Waals surface area contributed by atoms with Gasteiger partial charge in [0.2, 0.25) is 5.91 Å². The minimum absolute atomic E-state index is 0.0993. The first-order valence-electron chi connectivity index (χ1n) is 10.4. The van der Waals surface area contributed by atoms with Crippen molar-refractivity contribution in [3.63, 3.8) is 0 Å². The number of thiazole rings is 1. The molecule has 1 amide bonds. The summed E-state index contributed by atoms with van der Waals surface area (Å²) in [6, 6.07) is 3.91. The van der Waals surface area contributed by atoms with Crippen molar-refractivity contribution >= 4 is 17.2 Å². The number of nitrogens with zero attached hydrogens (tertiary/aromatic N) is 6. The second kappa shape index (κ2) is 9.67. The van der Waals surface area contributed by atoms with E-state index < -0.39 is 0 Å². The SMILES string of the molecule is Cc1nc(CN2C[C@@H](OCc3ccncc3)CN(Cc3cn(C)nc3C)CC2=O)cs1. The molecule has 1 fully saturated rings. The van der Waals surface area contributed by atoms with Crippen LogP contribution in [0.1, 0.15) is 27.5 Å². The van der Waals surface area contributed by atoms with Crippen LogP contribution in [0, 0.1) is 13.8 Å². The lowest BCUT2D eigenvalue weighted by atomic mass is 10.2. The average Bonchev–Trinajstić information content (AvgIpc) is 3.25. The van der Waals surface area contributed by atoms with Crippen LogP contribution in [-0.2, 0) is 36.3 Å². The molecule has 31 heavy (non-hydrogen) atoms. The molecule has 0 aliphatic carbocycles. The molecule has 4 heterocycles. The first kappa shape index (κ1) is 21.6. The number of hydrogen-bond donors (Lipinski definition) is 0. The number of amides is 1. The van der Waals surface area contributed by atoms with E-state index >= 15 is 0 Å². The maximum atomic E-state index is 13.1. The fourth-order valence-corrected chi connectivity index (χ4v) is 4.45. The molecule has 3 aromatic rings. The van der Waals surface area contributed by atoms with Gasteiger partial charge >= 0.3 is 0 Å². The Morgan fingerprint density at radius 3 is 2.68 bits per heavy atom. The van der Waals surface area contributed by atoms with E-state index in [1.807, 2.05) is 54.2 Å². The molecule has 1 aliphatic heterocycles. The van der Waals surface area contributed by atoms with Crippen molar-refractivity contribution in [2.75, 3.05) is 19.6 Å². The topological polar surface area (TPSA) is 76.4 Å². The lowest BCUT2D eigenvalue weighted by molar-refractivity contribution is -0.132. The normalized spacial score (nSPS) is 17.8. The van der Waals surface area contributed by atoms with Crippen molar-refractivity contribution < 1.29 is 9.53 Å². The Hall–Kier alpha value is -2.62. The van der Waals surface area contributed by atoms with E-state index in [0.29, 0.717) is 39.3 Å². The van der Waals surface area contributed by atoms with Crippen molar-refractivity contribution in [2.45, 2.75) is 39.6 Å². The van der Waals surface area contributed by atoms with Gasteiger partial charge in [-0.2, -0.15) is 5.10 Å². The third kappa shape index (κ3) is 5.75. The second-order valence-corrected chi connectivity index (χ2v) is 9.07. The lowest BCUT2D eigenvalue weighted by Crippen LogP contribution is -2.37. The molecule has 0 aromatic carbocycles. The second-order valence-electron chi connectivity index (χ2n) is 8.00. The fraction of sp³-hybridized carbons (Fsp3) is 0.455. The van der Waals surface area contributed by atoms with E-state index in [9.17, 15) is 4.79 Å². The van der Waals surface area contributed by atoms with Crippen molar-refractivity contribution in [1.82, 2.24) is 29.5 Å². The molecular weight excluding hydrogens is 412 g/mol. The number of carbonyl (C=O) groups is 1. The standard InChI is InChI=1S/C22H28N6O2S/c1-16-19(8-26(3)25-16)9-27-11-21(30-14-18-4-6-23-7-5-18)12-28(22(29)13-27)10-20-15-31-17(2)24-20/h4-8,15,21H,9-14H2,1-3H3/t21-/m0/s1. The number of ether oxygens (including phenoxy) is 1. The van der Waals surface area contributed by atoms with Gasteiger partial charge < -0.3 is 9.64 Å². The van der Waals surface area contributed by atoms with Crippen LogP contribution in [0.3, 0.4) is 0 Å². The minimum atomic E-state index is -0.101. The van der Waals surface area contributed by atoms with Gasteiger partial charge in [0.1, 0.15) is 0 Å². The zero-order valence-electron chi connectivity index (χ0n) is 18.2. The fourth-order valence-electron chi connectivity index (χ4n) is 3.84. The predicted molar refractivity (Wildman–Crippen MR) is 118 cm³/mol. The van der Waals surface area contributed by atoms with Gasteiger partial charge in [0.25, 0.3) is 0 Å². The summed E-state index contributed by atoms with van der Waals surface area (Å²) in [6.07, 6.45) is 5.46. The lowest BCUT2D eigenvalue weighted by Gasteiger charge is -2.24. The maximum Gasteiger partial charge on any atom is 0.237 e. The zero-order chi connectivity index (χ0) is 21.8. The summed E-state index contributed by atoms with van der Waals surface area (Å²) in [6.45, 7) is 7.24. The average molecular weight is 441 g/mol. The van der Waals surface area contributed by atoms with Gasteiger partial charge in [-0.3, -0.25) is 19.4 Å². The zero-order valence-corrected chi connectivity index (χ0v) is 19.0. The van der Waals surface area contributed by atoms with E-state index in [1.54, 1.807) is 23.7 Å². The summed E-state index contributed by atoms with van der Waals surface area (Å²) in [5.41, 5.74) is 4.12. The first-order chi connectivity index (χ1) is 15.0. The van der Waals surface area contributed by atoms with Crippen LogP contribution in [-0.4, -0.2) is 61.2 Å². The van der Waals surface area contributed by atoms with Crippen LogP contribution in [0.25, 0.3) is 0 Å². The summed E-state index contributed by atoms with van der Waals surface area (Å²) in [4.78, 5) is 25.8. The van der Waals surface area contributed by atoms with Crippen LogP contribution >= 0.6 is 11.3 Å². The van der Waals surface area contributed by atoms with E-state index in [4.69, 9.17) is 4.74 Å². The smallest absolute Gasteiger partial charge is 0.237 e. The Bertz CT molecular complexity index is 1020. The number of aryl methyl sites for hydroxylation is 3. The Morgan fingerprint density at radius 2 is 2.00 bits per heavy atom. The Kier molecular flexibility index (Phi) is 6.74. The predicted octanol–water partition coefficient (Wildman–Crippen LogP) is 2.32. The highest BCUT2D eigenvalue weighted by atomic mass is 32.1. The molecule has 0 spiro atoms. The number of aromatic nitrogens is 4. The van der Waals surface area contributed by atoms with Crippen molar-refractivity contribution in [3.05, 3.63) is 63.6 Å². The maximum absolute atomic E-state index is 13.1. The molecule has 1 saturated heterocycles. The number of rotatable bonds is 7. The Morgan fingerprint density at radius 1 is 1.19 bits per heavy atom. The molecule has 0 N–H and O–H groups in total. The number of carbonyl (C=O) groups excluding carboxylic acids is 1. The molecular formula is C22H28N6O2S. The Balaban J connectivity index is 1.49. The third-order valence-electron chi connectivity index (χ3n) is 5.36. The molecule has 3 aromatic heterocycles. The highest BCUT2D eigenvalue weighted by Crippen LogP contribution is 2.18. The van der Waals surface area contributed by atoms with E-state index in [0.717, 1.165) is 27.5 Å². The van der Waals surface area contributed by atoms with Crippen LogP contribution in [0.5, 0.6) is 0 Å². The molecule has 0 unspecified atom stereocenters. The highest BCUT2D eigenvalue weighted by molar-refractivity contribution is 7.09. The molecule has 0 saturated carbocycles. The molecule has 0 bridgehead atoms. The van der Waals surface area contributed by atoms with Crippen molar-refractivity contribution in [3.8, 4) is 0 Å². The summed E-state index contributed by atoms with van der Waals surface area (Å²) >= 11 is 1.61. The molecule has 164 valence electrons. The molecule has 4 rings (SSSR count).